The third kappa shape index (κ3) is 5.83. The van der Waals surface area contributed by atoms with Crippen LogP contribution < -0.4 is 10.1 Å². The summed E-state index contributed by atoms with van der Waals surface area (Å²) in [4.78, 5) is 12.9. The number of aryl methyl sites for hydroxylation is 2. The van der Waals surface area contributed by atoms with Crippen LogP contribution in [0.1, 0.15) is 50.8 Å². The number of amides is 1. The number of nitrogens with one attached hydrogen (secondary N) is 1. The monoisotopic (exact) mass is 383 g/mol. The standard InChI is InChI=1S/C24H33NO3/c1-7-28-24(6,15-17(2)3)23(26)25-21-13-18(4)22(19(5)14-21)27-16-20-11-9-8-10-12-20/h8-14,17H,7,15-16H2,1-6H3,(H,25,26)/t24-/m1/s1. The molecule has 0 spiro atoms. The SMILES string of the molecule is CCO[C@](C)(CC(C)C)C(=O)Nc1cc(C)c(OCc2ccccc2)c(C)c1. The van der Waals surface area contributed by atoms with Crippen LogP contribution in [0.5, 0.6) is 5.75 Å². The van der Waals surface area contributed by atoms with E-state index >= 15 is 0 Å². The van der Waals surface area contributed by atoms with Crippen molar-refractivity contribution in [1.82, 2.24) is 0 Å². The maximum atomic E-state index is 12.9. The molecule has 0 aliphatic heterocycles. The summed E-state index contributed by atoms with van der Waals surface area (Å²) in [5.74, 6) is 1.11. The molecule has 1 amide bonds. The quantitative estimate of drug-likeness (QED) is 0.607. The van der Waals surface area contributed by atoms with Crippen LogP contribution in [-0.2, 0) is 16.1 Å². The average molecular weight is 384 g/mol. The highest BCUT2D eigenvalue weighted by molar-refractivity contribution is 5.97. The van der Waals surface area contributed by atoms with E-state index in [1.165, 1.54) is 0 Å². The molecular formula is C24H33NO3. The Kier molecular flexibility index (Phi) is 7.64. The molecule has 28 heavy (non-hydrogen) atoms. The lowest BCUT2D eigenvalue weighted by atomic mass is 9.93. The van der Waals surface area contributed by atoms with Crippen molar-refractivity contribution in [1.29, 1.82) is 0 Å². The molecule has 0 saturated carbocycles. The van der Waals surface area contributed by atoms with Gasteiger partial charge in [0.25, 0.3) is 5.91 Å². The van der Waals surface area contributed by atoms with Gasteiger partial charge in [-0.25, -0.2) is 0 Å². The topological polar surface area (TPSA) is 47.6 Å². The second-order valence-corrected chi connectivity index (χ2v) is 7.93. The van der Waals surface area contributed by atoms with Crippen molar-refractivity contribution in [3.63, 3.8) is 0 Å². The average Bonchev–Trinajstić information content (AvgIpc) is 2.61. The fourth-order valence-electron chi connectivity index (χ4n) is 3.56. The molecule has 1 N–H and O–H groups in total. The summed E-state index contributed by atoms with van der Waals surface area (Å²) in [5, 5.41) is 3.04. The van der Waals surface area contributed by atoms with Crippen LogP contribution in [0.3, 0.4) is 0 Å². The van der Waals surface area contributed by atoms with Crippen molar-refractivity contribution in [3.8, 4) is 5.75 Å². The Bertz CT molecular complexity index is 763. The van der Waals surface area contributed by atoms with Gasteiger partial charge in [-0.1, -0.05) is 44.2 Å². The molecule has 0 heterocycles. The lowest BCUT2D eigenvalue weighted by Gasteiger charge is -2.30. The third-order valence-corrected chi connectivity index (χ3v) is 4.69. The van der Waals surface area contributed by atoms with Gasteiger partial charge in [0, 0.05) is 12.3 Å². The van der Waals surface area contributed by atoms with Gasteiger partial charge < -0.3 is 14.8 Å². The van der Waals surface area contributed by atoms with Crippen molar-refractivity contribution in [2.24, 2.45) is 5.92 Å². The zero-order chi connectivity index (χ0) is 20.7. The summed E-state index contributed by atoms with van der Waals surface area (Å²) in [6.07, 6.45) is 0.670. The second-order valence-electron chi connectivity index (χ2n) is 7.93. The molecule has 0 unspecified atom stereocenters. The first-order valence-corrected chi connectivity index (χ1v) is 9.98. The molecule has 4 nitrogen and oxygen atoms in total. The van der Waals surface area contributed by atoms with Gasteiger partial charge in [0.05, 0.1) is 0 Å². The molecule has 152 valence electrons. The molecule has 1 atom stereocenters. The first-order valence-electron chi connectivity index (χ1n) is 9.98. The smallest absolute Gasteiger partial charge is 0.256 e. The van der Waals surface area contributed by atoms with Gasteiger partial charge in [-0.05, 0) is 68.9 Å². The van der Waals surface area contributed by atoms with Crippen molar-refractivity contribution in [3.05, 3.63) is 59.2 Å². The molecule has 0 aromatic heterocycles. The van der Waals surface area contributed by atoms with Crippen LogP contribution in [0.15, 0.2) is 42.5 Å². The molecule has 4 heteroatoms. The summed E-state index contributed by atoms with van der Waals surface area (Å²) in [6, 6.07) is 14.0. The summed E-state index contributed by atoms with van der Waals surface area (Å²) in [5.41, 5.74) is 3.04. The number of carbonyl (C=O) groups excluding carboxylic acids is 1. The van der Waals surface area contributed by atoms with Crippen molar-refractivity contribution in [2.75, 3.05) is 11.9 Å². The fraction of sp³-hybridized carbons (Fsp3) is 0.458. The number of hydrogen-bond donors (Lipinski definition) is 1. The number of hydrogen-bond acceptors (Lipinski definition) is 3. The highest BCUT2D eigenvalue weighted by Crippen LogP contribution is 2.29. The van der Waals surface area contributed by atoms with E-state index in [-0.39, 0.29) is 5.91 Å². The summed E-state index contributed by atoms with van der Waals surface area (Å²) in [6.45, 7) is 13.0. The Hall–Kier alpha value is -2.33. The zero-order valence-corrected chi connectivity index (χ0v) is 18.0. The van der Waals surface area contributed by atoms with Gasteiger partial charge in [0.1, 0.15) is 18.0 Å². The van der Waals surface area contributed by atoms with Crippen LogP contribution in [0.25, 0.3) is 0 Å². The van der Waals surface area contributed by atoms with Crippen LogP contribution in [0, 0.1) is 19.8 Å². The minimum Gasteiger partial charge on any atom is -0.488 e. The van der Waals surface area contributed by atoms with Gasteiger partial charge in [-0.2, -0.15) is 0 Å². The lowest BCUT2D eigenvalue weighted by Crippen LogP contribution is -2.44. The van der Waals surface area contributed by atoms with E-state index in [4.69, 9.17) is 9.47 Å². The number of carbonyl (C=O) groups is 1. The van der Waals surface area contributed by atoms with E-state index in [1.807, 2.05) is 70.2 Å². The van der Waals surface area contributed by atoms with Crippen LogP contribution in [0.2, 0.25) is 0 Å². The Labute approximate surface area is 169 Å². The minimum absolute atomic E-state index is 0.111. The van der Waals surface area contributed by atoms with Crippen molar-refractivity contribution < 1.29 is 14.3 Å². The normalized spacial score (nSPS) is 13.2. The Morgan fingerprint density at radius 2 is 1.71 bits per heavy atom. The zero-order valence-electron chi connectivity index (χ0n) is 18.0. The van der Waals surface area contributed by atoms with Crippen LogP contribution >= 0.6 is 0 Å². The minimum atomic E-state index is -0.840. The number of benzene rings is 2. The van der Waals surface area contributed by atoms with E-state index < -0.39 is 5.60 Å². The van der Waals surface area contributed by atoms with Gasteiger partial charge in [0.15, 0.2) is 0 Å². The molecular weight excluding hydrogens is 350 g/mol. The van der Waals surface area contributed by atoms with E-state index in [1.54, 1.807) is 0 Å². The van der Waals surface area contributed by atoms with Gasteiger partial charge >= 0.3 is 0 Å². The summed E-state index contributed by atoms with van der Waals surface area (Å²) in [7, 11) is 0. The molecule has 2 aromatic carbocycles. The summed E-state index contributed by atoms with van der Waals surface area (Å²) >= 11 is 0. The van der Waals surface area contributed by atoms with Gasteiger partial charge in [-0.15, -0.1) is 0 Å². The van der Waals surface area contributed by atoms with Gasteiger partial charge in [-0.3, -0.25) is 4.79 Å². The van der Waals surface area contributed by atoms with Gasteiger partial charge in [0.2, 0.25) is 0 Å². The predicted molar refractivity (Wildman–Crippen MR) is 115 cm³/mol. The molecule has 2 aromatic rings. The Morgan fingerprint density at radius 3 is 2.25 bits per heavy atom. The van der Waals surface area contributed by atoms with Crippen molar-refractivity contribution in [2.45, 2.75) is 60.2 Å². The molecule has 0 aliphatic carbocycles. The van der Waals surface area contributed by atoms with E-state index in [0.29, 0.717) is 25.6 Å². The molecule has 0 saturated heterocycles. The fourth-order valence-corrected chi connectivity index (χ4v) is 3.56. The van der Waals surface area contributed by atoms with E-state index in [9.17, 15) is 4.79 Å². The highest BCUT2D eigenvalue weighted by atomic mass is 16.5. The predicted octanol–water partition coefficient (Wildman–Crippen LogP) is 5.66. The summed E-state index contributed by atoms with van der Waals surface area (Å²) < 4.78 is 11.8. The van der Waals surface area contributed by atoms with E-state index in [2.05, 4.69) is 19.2 Å². The van der Waals surface area contributed by atoms with Crippen molar-refractivity contribution >= 4 is 11.6 Å². The molecule has 0 aliphatic rings. The molecule has 0 fully saturated rings. The number of ether oxygens (including phenoxy) is 2. The maximum Gasteiger partial charge on any atom is 0.256 e. The third-order valence-electron chi connectivity index (χ3n) is 4.69. The highest BCUT2D eigenvalue weighted by Gasteiger charge is 2.34. The first kappa shape index (κ1) is 22.0. The Morgan fingerprint density at radius 1 is 1.11 bits per heavy atom. The lowest BCUT2D eigenvalue weighted by molar-refractivity contribution is -0.140. The van der Waals surface area contributed by atoms with Crippen LogP contribution in [-0.4, -0.2) is 18.1 Å². The van der Waals surface area contributed by atoms with E-state index in [0.717, 1.165) is 28.1 Å². The molecule has 2 rings (SSSR count). The number of anilines is 1. The second kappa shape index (κ2) is 9.74. The number of rotatable bonds is 9. The maximum absolute atomic E-state index is 12.9. The largest absolute Gasteiger partial charge is 0.488 e. The first-order chi connectivity index (χ1) is 13.2. The molecule has 0 bridgehead atoms. The Balaban J connectivity index is 2.13. The molecule has 0 radical (unpaired) electrons. The van der Waals surface area contributed by atoms with Crippen LogP contribution in [0.4, 0.5) is 5.69 Å².